The van der Waals surface area contributed by atoms with Gasteiger partial charge in [-0.3, -0.25) is 4.79 Å². The lowest BCUT2D eigenvalue weighted by molar-refractivity contribution is -0.119. The Bertz CT molecular complexity index is 639. The zero-order valence-electron chi connectivity index (χ0n) is 13.9. The summed E-state index contributed by atoms with van der Waals surface area (Å²) in [5, 5.41) is 2.82. The number of rotatable bonds is 6. The van der Waals surface area contributed by atoms with Crippen LogP contribution < -0.4 is 10.2 Å². The van der Waals surface area contributed by atoms with Gasteiger partial charge in [0.2, 0.25) is 15.9 Å². The number of nitrogens with zero attached hydrogens (tertiary/aromatic N) is 2. The molecule has 0 bridgehead atoms. The van der Waals surface area contributed by atoms with Crippen LogP contribution in [0.15, 0.2) is 24.3 Å². The summed E-state index contributed by atoms with van der Waals surface area (Å²) in [4.78, 5) is 14.6. The van der Waals surface area contributed by atoms with Gasteiger partial charge in [-0.2, -0.15) is 4.31 Å². The molecule has 1 aromatic carbocycles. The van der Waals surface area contributed by atoms with Crippen LogP contribution in [0.1, 0.15) is 26.7 Å². The second-order valence-corrected chi connectivity index (χ2v) is 7.68. The Hall–Kier alpha value is -1.60. The highest BCUT2D eigenvalue weighted by molar-refractivity contribution is 7.88. The Kier molecular flexibility index (Phi) is 5.64. The maximum Gasteiger partial charge on any atom is 0.242 e. The third-order valence-corrected chi connectivity index (χ3v) is 5.48. The lowest BCUT2D eigenvalue weighted by atomic mass is 10.2. The predicted octanol–water partition coefficient (Wildman–Crippen LogP) is 1.90. The lowest BCUT2D eigenvalue weighted by Gasteiger charge is -2.22. The van der Waals surface area contributed by atoms with Gasteiger partial charge in [-0.15, -0.1) is 0 Å². The molecular formula is C16H25N3O3S. The van der Waals surface area contributed by atoms with Gasteiger partial charge in [0, 0.05) is 31.0 Å². The highest BCUT2D eigenvalue weighted by Crippen LogP contribution is 2.23. The number of amides is 1. The molecule has 1 aromatic rings. The van der Waals surface area contributed by atoms with Crippen LogP contribution in [0.25, 0.3) is 0 Å². The van der Waals surface area contributed by atoms with Gasteiger partial charge in [-0.25, -0.2) is 8.42 Å². The molecular weight excluding hydrogens is 314 g/mol. The van der Waals surface area contributed by atoms with E-state index in [9.17, 15) is 13.2 Å². The predicted molar refractivity (Wildman–Crippen MR) is 93.2 cm³/mol. The van der Waals surface area contributed by atoms with Crippen LogP contribution in [-0.4, -0.2) is 50.6 Å². The molecule has 1 amide bonds. The molecule has 0 spiro atoms. The van der Waals surface area contributed by atoms with Crippen LogP contribution >= 0.6 is 0 Å². The lowest BCUT2D eigenvalue weighted by Crippen LogP contribution is -2.42. The zero-order chi connectivity index (χ0) is 17.0. The van der Waals surface area contributed by atoms with E-state index in [1.165, 1.54) is 4.31 Å². The fourth-order valence-electron chi connectivity index (χ4n) is 2.97. The van der Waals surface area contributed by atoms with Gasteiger partial charge in [0.05, 0.1) is 6.26 Å². The maximum absolute atomic E-state index is 12.4. The first kappa shape index (κ1) is 17.7. The standard InChI is InChI=1S/C16H25N3O3S/c1-4-18(5-2)14-10-8-13(9-11-14)17-16(20)15-7-6-12-19(15)23(3,21)22/h8-11,15H,4-7,12H2,1-3H3,(H,17,20). The zero-order valence-corrected chi connectivity index (χ0v) is 14.8. The Morgan fingerprint density at radius 2 is 1.87 bits per heavy atom. The molecule has 0 saturated carbocycles. The first-order valence-electron chi connectivity index (χ1n) is 7.99. The number of nitrogens with one attached hydrogen (secondary N) is 1. The molecule has 0 radical (unpaired) electrons. The van der Waals surface area contributed by atoms with E-state index in [0.717, 1.165) is 25.0 Å². The third kappa shape index (κ3) is 4.23. The van der Waals surface area contributed by atoms with Crippen molar-refractivity contribution < 1.29 is 13.2 Å². The Morgan fingerprint density at radius 1 is 1.26 bits per heavy atom. The van der Waals surface area contributed by atoms with Crippen molar-refractivity contribution in [3.63, 3.8) is 0 Å². The topological polar surface area (TPSA) is 69.7 Å². The molecule has 7 heteroatoms. The van der Waals surface area contributed by atoms with E-state index >= 15 is 0 Å². The number of sulfonamides is 1. The van der Waals surface area contributed by atoms with Crippen LogP contribution in [0.4, 0.5) is 11.4 Å². The number of hydrogen-bond acceptors (Lipinski definition) is 4. The van der Waals surface area contributed by atoms with Crippen molar-refractivity contribution in [2.24, 2.45) is 0 Å². The number of carbonyl (C=O) groups is 1. The second kappa shape index (κ2) is 7.31. The van der Waals surface area contributed by atoms with Crippen molar-refractivity contribution >= 4 is 27.3 Å². The summed E-state index contributed by atoms with van der Waals surface area (Å²) in [5.74, 6) is -0.261. The summed E-state index contributed by atoms with van der Waals surface area (Å²) in [5.41, 5.74) is 1.79. The summed E-state index contributed by atoms with van der Waals surface area (Å²) >= 11 is 0. The van der Waals surface area contributed by atoms with E-state index < -0.39 is 16.1 Å². The largest absolute Gasteiger partial charge is 0.372 e. The van der Waals surface area contributed by atoms with Crippen LogP contribution in [0.2, 0.25) is 0 Å². The molecule has 6 nitrogen and oxygen atoms in total. The molecule has 128 valence electrons. The molecule has 2 rings (SSSR count). The van der Waals surface area contributed by atoms with Gasteiger partial charge in [-0.1, -0.05) is 0 Å². The van der Waals surface area contributed by atoms with Crippen molar-refractivity contribution in [2.45, 2.75) is 32.7 Å². The van der Waals surface area contributed by atoms with E-state index in [-0.39, 0.29) is 5.91 Å². The summed E-state index contributed by atoms with van der Waals surface area (Å²) in [7, 11) is -3.35. The van der Waals surface area contributed by atoms with E-state index in [1.807, 2.05) is 24.3 Å². The fourth-order valence-corrected chi connectivity index (χ4v) is 4.09. The minimum absolute atomic E-state index is 0.261. The molecule has 0 aliphatic carbocycles. The molecule has 23 heavy (non-hydrogen) atoms. The first-order valence-corrected chi connectivity index (χ1v) is 9.84. The van der Waals surface area contributed by atoms with Crippen molar-refractivity contribution in [3.05, 3.63) is 24.3 Å². The first-order chi connectivity index (χ1) is 10.9. The van der Waals surface area contributed by atoms with E-state index in [0.29, 0.717) is 25.1 Å². The van der Waals surface area contributed by atoms with Gasteiger partial charge in [0.15, 0.2) is 0 Å². The van der Waals surface area contributed by atoms with Gasteiger partial charge in [0.1, 0.15) is 6.04 Å². The Balaban J connectivity index is 2.06. The molecule has 1 aliphatic rings. The highest BCUT2D eigenvalue weighted by Gasteiger charge is 2.36. The second-order valence-electron chi connectivity index (χ2n) is 5.74. The van der Waals surface area contributed by atoms with Gasteiger partial charge in [-0.05, 0) is 51.0 Å². The average Bonchev–Trinajstić information content (AvgIpc) is 3.00. The molecule has 1 N–H and O–H groups in total. The number of anilines is 2. The summed E-state index contributed by atoms with van der Waals surface area (Å²) in [6, 6.07) is 7.03. The van der Waals surface area contributed by atoms with Crippen molar-refractivity contribution in [2.75, 3.05) is 36.1 Å². The molecule has 1 unspecified atom stereocenters. The van der Waals surface area contributed by atoms with E-state index in [1.54, 1.807) is 0 Å². The number of hydrogen-bond donors (Lipinski definition) is 1. The monoisotopic (exact) mass is 339 g/mol. The quantitative estimate of drug-likeness (QED) is 0.859. The van der Waals surface area contributed by atoms with Crippen LogP contribution in [0.3, 0.4) is 0 Å². The molecule has 1 fully saturated rings. The third-order valence-electron chi connectivity index (χ3n) is 4.20. The van der Waals surface area contributed by atoms with E-state index in [2.05, 4.69) is 24.1 Å². The molecule has 1 heterocycles. The minimum Gasteiger partial charge on any atom is -0.372 e. The SMILES string of the molecule is CCN(CC)c1ccc(NC(=O)C2CCCN2S(C)(=O)=O)cc1. The van der Waals surface area contributed by atoms with E-state index in [4.69, 9.17) is 0 Å². The highest BCUT2D eigenvalue weighted by atomic mass is 32.2. The smallest absolute Gasteiger partial charge is 0.242 e. The van der Waals surface area contributed by atoms with Crippen LogP contribution in [-0.2, 0) is 14.8 Å². The van der Waals surface area contributed by atoms with Gasteiger partial charge in [0.25, 0.3) is 0 Å². The molecule has 1 saturated heterocycles. The minimum atomic E-state index is -3.35. The van der Waals surface area contributed by atoms with Crippen LogP contribution in [0.5, 0.6) is 0 Å². The van der Waals surface area contributed by atoms with Crippen molar-refractivity contribution in [1.82, 2.24) is 4.31 Å². The van der Waals surface area contributed by atoms with Crippen molar-refractivity contribution in [3.8, 4) is 0 Å². The summed E-state index contributed by atoms with van der Waals surface area (Å²) in [6.07, 6.45) is 2.43. The molecule has 0 aromatic heterocycles. The molecule has 1 atom stereocenters. The fraction of sp³-hybridized carbons (Fsp3) is 0.562. The van der Waals surface area contributed by atoms with Gasteiger partial charge < -0.3 is 10.2 Å². The number of carbonyl (C=O) groups excluding carboxylic acids is 1. The van der Waals surface area contributed by atoms with Gasteiger partial charge >= 0.3 is 0 Å². The Morgan fingerprint density at radius 3 is 2.39 bits per heavy atom. The average molecular weight is 339 g/mol. The summed E-state index contributed by atoms with van der Waals surface area (Å²) < 4.78 is 24.7. The van der Waals surface area contributed by atoms with Crippen LogP contribution in [0, 0.1) is 0 Å². The normalized spacial score (nSPS) is 18.8. The maximum atomic E-state index is 12.4. The van der Waals surface area contributed by atoms with Crippen molar-refractivity contribution in [1.29, 1.82) is 0 Å². The Labute approximate surface area is 138 Å². The molecule has 1 aliphatic heterocycles. The number of benzene rings is 1. The summed E-state index contributed by atoms with van der Waals surface area (Å²) in [6.45, 7) is 6.46.